The number of carbonyl (C=O) groups is 1. The second kappa shape index (κ2) is 18.1. The minimum Gasteiger partial charge on any atom is -1.00 e. The quantitative estimate of drug-likeness (QED) is 0.242. The van der Waals surface area contributed by atoms with Crippen LogP contribution in [0.1, 0.15) is 102 Å². The van der Waals surface area contributed by atoms with E-state index in [0.29, 0.717) is 5.91 Å². The largest absolute Gasteiger partial charge is 1.00 e. The van der Waals surface area contributed by atoms with Crippen LogP contribution in [0.5, 0.6) is 5.75 Å². The SMILES string of the molecule is CCCCCCCCCCCCCCCC(=O)N1CC[N+](C)(Cc2ccc(OC)cc2)CC1.[Cl-]. The number of methoxy groups -OCH3 is 1. The zero-order valence-corrected chi connectivity index (χ0v) is 23.1. The molecule has 1 aromatic carbocycles. The van der Waals surface area contributed by atoms with Crippen LogP contribution in [0, 0.1) is 0 Å². The van der Waals surface area contributed by atoms with Gasteiger partial charge in [0.1, 0.15) is 12.3 Å². The van der Waals surface area contributed by atoms with E-state index in [1.54, 1.807) is 7.11 Å². The molecule has 0 radical (unpaired) electrons. The highest BCUT2D eigenvalue weighted by molar-refractivity contribution is 5.76. The molecule has 0 atom stereocenters. The summed E-state index contributed by atoms with van der Waals surface area (Å²) in [6.07, 6.45) is 18.3. The highest BCUT2D eigenvalue weighted by atomic mass is 35.5. The van der Waals surface area contributed by atoms with E-state index in [1.807, 2.05) is 12.1 Å². The van der Waals surface area contributed by atoms with Crippen LogP contribution in [0.25, 0.3) is 0 Å². The maximum Gasteiger partial charge on any atom is 0.222 e. The molecule has 1 amide bonds. The molecular formula is C29H51ClN2O2. The van der Waals surface area contributed by atoms with Crippen LogP contribution in [-0.2, 0) is 11.3 Å². The van der Waals surface area contributed by atoms with Crippen LogP contribution in [-0.4, -0.2) is 55.6 Å². The van der Waals surface area contributed by atoms with Gasteiger partial charge in [0.2, 0.25) is 5.91 Å². The number of unbranched alkanes of at least 4 members (excludes halogenated alkanes) is 12. The molecule has 0 N–H and O–H groups in total. The summed E-state index contributed by atoms with van der Waals surface area (Å²) in [5, 5.41) is 0. The highest BCUT2D eigenvalue weighted by Gasteiger charge is 2.30. The van der Waals surface area contributed by atoms with Crippen molar-refractivity contribution in [3.63, 3.8) is 0 Å². The van der Waals surface area contributed by atoms with Gasteiger partial charge in [-0.1, -0.05) is 84.0 Å². The van der Waals surface area contributed by atoms with E-state index in [-0.39, 0.29) is 12.4 Å². The molecule has 0 aromatic heterocycles. The summed E-state index contributed by atoms with van der Waals surface area (Å²) < 4.78 is 6.27. The molecule has 2 rings (SSSR count). The first-order valence-corrected chi connectivity index (χ1v) is 13.8. The fourth-order valence-corrected chi connectivity index (χ4v) is 4.98. The molecule has 1 fully saturated rings. The van der Waals surface area contributed by atoms with E-state index >= 15 is 0 Å². The average molecular weight is 495 g/mol. The number of piperazine rings is 1. The second-order valence-electron chi connectivity index (χ2n) is 10.4. The van der Waals surface area contributed by atoms with Crippen molar-refractivity contribution in [2.75, 3.05) is 40.3 Å². The number of benzene rings is 1. The Labute approximate surface area is 216 Å². The highest BCUT2D eigenvalue weighted by Crippen LogP contribution is 2.19. The standard InChI is InChI=1S/C29H51N2O2.ClH/c1-4-5-6-7-8-9-10-11-12-13-14-15-16-17-29(32)30-22-24-31(2,25-23-30)26-27-18-20-28(33-3)21-19-27;/h18-21H,4-17,22-26H2,1-3H3;1H/q+1;/p-1. The third-order valence-corrected chi connectivity index (χ3v) is 7.39. The molecular weight excluding hydrogens is 444 g/mol. The number of carbonyl (C=O) groups excluding carboxylic acids is 1. The number of hydrogen-bond donors (Lipinski definition) is 0. The van der Waals surface area contributed by atoms with Gasteiger partial charge in [-0.25, -0.2) is 0 Å². The molecule has 0 spiro atoms. The Bertz CT molecular complexity index is 642. The van der Waals surface area contributed by atoms with Gasteiger partial charge < -0.3 is 26.5 Å². The van der Waals surface area contributed by atoms with Crippen molar-refractivity contribution in [2.24, 2.45) is 0 Å². The number of likely N-dealkylation sites (N-methyl/N-ethyl adjacent to an activating group) is 1. The first-order valence-electron chi connectivity index (χ1n) is 13.8. The fraction of sp³-hybridized carbons (Fsp3) is 0.759. The lowest BCUT2D eigenvalue weighted by molar-refractivity contribution is -0.926. The molecule has 1 aliphatic heterocycles. The molecule has 1 aromatic rings. The number of nitrogens with zero attached hydrogens (tertiary/aromatic N) is 2. The van der Waals surface area contributed by atoms with Gasteiger partial charge >= 0.3 is 0 Å². The van der Waals surface area contributed by atoms with Crippen molar-refractivity contribution < 1.29 is 26.4 Å². The van der Waals surface area contributed by atoms with Crippen molar-refractivity contribution in [3.8, 4) is 5.75 Å². The van der Waals surface area contributed by atoms with Gasteiger partial charge in [0, 0.05) is 12.0 Å². The predicted octanol–water partition coefficient (Wildman–Crippen LogP) is 3.97. The smallest absolute Gasteiger partial charge is 0.222 e. The predicted molar refractivity (Wildman–Crippen MR) is 140 cm³/mol. The van der Waals surface area contributed by atoms with Gasteiger partial charge in [-0.3, -0.25) is 4.79 Å². The van der Waals surface area contributed by atoms with Crippen molar-refractivity contribution in [3.05, 3.63) is 29.8 Å². The molecule has 0 bridgehead atoms. The summed E-state index contributed by atoms with van der Waals surface area (Å²) >= 11 is 0. The van der Waals surface area contributed by atoms with E-state index in [2.05, 4.69) is 31.0 Å². The Morgan fingerprint density at radius 1 is 0.824 bits per heavy atom. The number of quaternary nitrogens is 1. The Kier molecular flexibility index (Phi) is 16.4. The molecule has 1 saturated heterocycles. The Hall–Kier alpha value is -1.26. The Balaban J connectivity index is 0.00000578. The summed E-state index contributed by atoms with van der Waals surface area (Å²) in [5.41, 5.74) is 1.34. The Morgan fingerprint density at radius 3 is 1.76 bits per heavy atom. The monoisotopic (exact) mass is 494 g/mol. The summed E-state index contributed by atoms with van der Waals surface area (Å²) in [6.45, 7) is 7.16. The van der Waals surface area contributed by atoms with Gasteiger partial charge in [0.05, 0.1) is 40.3 Å². The third-order valence-electron chi connectivity index (χ3n) is 7.39. The maximum atomic E-state index is 12.6. The van der Waals surface area contributed by atoms with Crippen LogP contribution >= 0.6 is 0 Å². The fourth-order valence-electron chi connectivity index (χ4n) is 4.98. The number of hydrogen-bond acceptors (Lipinski definition) is 2. The van der Waals surface area contributed by atoms with Crippen molar-refractivity contribution in [2.45, 2.75) is 103 Å². The van der Waals surface area contributed by atoms with E-state index < -0.39 is 0 Å². The molecule has 0 unspecified atom stereocenters. The van der Waals surface area contributed by atoms with Crippen LogP contribution in [0.2, 0.25) is 0 Å². The summed E-state index contributed by atoms with van der Waals surface area (Å²) in [4.78, 5) is 14.8. The van der Waals surface area contributed by atoms with Crippen molar-refractivity contribution >= 4 is 5.91 Å². The summed E-state index contributed by atoms with van der Waals surface area (Å²) in [5.74, 6) is 1.28. The molecule has 34 heavy (non-hydrogen) atoms. The lowest BCUT2D eigenvalue weighted by atomic mass is 10.0. The zero-order chi connectivity index (χ0) is 23.8. The first-order chi connectivity index (χ1) is 16.1. The average Bonchev–Trinajstić information content (AvgIpc) is 2.82. The van der Waals surface area contributed by atoms with Gasteiger partial charge in [-0.15, -0.1) is 0 Å². The van der Waals surface area contributed by atoms with E-state index in [9.17, 15) is 4.79 Å². The third kappa shape index (κ3) is 12.4. The van der Waals surface area contributed by atoms with E-state index in [0.717, 1.165) is 55.8 Å². The molecule has 0 saturated carbocycles. The minimum absolute atomic E-state index is 0. The van der Waals surface area contributed by atoms with Crippen LogP contribution in [0.4, 0.5) is 0 Å². The van der Waals surface area contributed by atoms with Gasteiger partial charge in [0.15, 0.2) is 0 Å². The van der Waals surface area contributed by atoms with Gasteiger partial charge in [-0.05, 0) is 30.7 Å². The summed E-state index contributed by atoms with van der Waals surface area (Å²) in [7, 11) is 4.02. The zero-order valence-electron chi connectivity index (χ0n) is 22.3. The number of amides is 1. The molecule has 4 nitrogen and oxygen atoms in total. The van der Waals surface area contributed by atoms with Crippen LogP contribution in [0.15, 0.2) is 24.3 Å². The lowest BCUT2D eigenvalue weighted by Gasteiger charge is -2.42. The molecule has 196 valence electrons. The van der Waals surface area contributed by atoms with Gasteiger partial charge in [-0.2, -0.15) is 0 Å². The van der Waals surface area contributed by atoms with Crippen molar-refractivity contribution in [1.82, 2.24) is 4.90 Å². The summed E-state index contributed by atoms with van der Waals surface area (Å²) in [6, 6.07) is 8.40. The lowest BCUT2D eigenvalue weighted by Crippen LogP contribution is -3.00. The number of ether oxygens (including phenoxy) is 1. The van der Waals surface area contributed by atoms with E-state index in [1.165, 1.54) is 82.6 Å². The van der Waals surface area contributed by atoms with Crippen molar-refractivity contribution in [1.29, 1.82) is 0 Å². The van der Waals surface area contributed by atoms with Gasteiger partial charge in [0.25, 0.3) is 0 Å². The number of rotatable bonds is 17. The maximum absolute atomic E-state index is 12.6. The first kappa shape index (κ1) is 30.8. The molecule has 0 aliphatic carbocycles. The van der Waals surface area contributed by atoms with Crippen LogP contribution in [0.3, 0.4) is 0 Å². The molecule has 1 aliphatic rings. The second-order valence-corrected chi connectivity index (χ2v) is 10.4. The Morgan fingerprint density at radius 2 is 1.29 bits per heavy atom. The number of halogens is 1. The molecule has 1 heterocycles. The van der Waals surface area contributed by atoms with Crippen LogP contribution < -0.4 is 17.1 Å². The van der Waals surface area contributed by atoms with E-state index in [4.69, 9.17) is 4.74 Å². The normalized spacial score (nSPS) is 15.1. The topological polar surface area (TPSA) is 29.5 Å². The molecule has 5 heteroatoms. The minimum atomic E-state index is 0.